The Bertz CT molecular complexity index is 797. The van der Waals surface area contributed by atoms with Crippen LogP contribution in [0, 0.1) is 6.92 Å². The second kappa shape index (κ2) is 5.33. The fourth-order valence-electron chi connectivity index (χ4n) is 1.77. The molecule has 8 heteroatoms. The number of nitrogens with zero attached hydrogens (tertiary/aromatic N) is 6. The normalized spacial score (nSPS) is 10.5. The summed E-state index contributed by atoms with van der Waals surface area (Å²) < 4.78 is 0. The van der Waals surface area contributed by atoms with Gasteiger partial charge in [-0.2, -0.15) is 0 Å². The van der Waals surface area contributed by atoms with E-state index in [0.29, 0.717) is 11.5 Å². The van der Waals surface area contributed by atoms with Crippen LogP contribution >= 0.6 is 12.2 Å². The first kappa shape index (κ1) is 13.3. The van der Waals surface area contributed by atoms with E-state index in [2.05, 4.69) is 25.4 Å². The minimum Gasteiger partial charge on any atom is -0.388 e. The number of benzene rings is 1. The molecule has 2 N–H and O–H groups in total. The summed E-state index contributed by atoms with van der Waals surface area (Å²) in [6.45, 7) is 1.82. The van der Waals surface area contributed by atoms with Crippen LogP contribution in [0.1, 0.15) is 11.4 Å². The van der Waals surface area contributed by atoms with Gasteiger partial charge in [-0.3, -0.25) is 0 Å². The summed E-state index contributed by atoms with van der Waals surface area (Å²) in [5.74, 6) is 0.782. The maximum Gasteiger partial charge on any atom is 0.271 e. The van der Waals surface area contributed by atoms with Gasteiger partial charge in [0, 0.05) is 11.3 Å². The van der Waals surface area contributed by atoms with Crippen molar-refractivity contribution in [1.82, 2.24) is 30.2 Å². The van der Waals surface area contributed by atoms with E-state index < -0.39 is 0 Å². The predicted octanol–water partition coefficient (Wildman–Crippen LogP) is 1.06. The lowest BCUT2D eigenvalue weighted by Gasteiger charge is -2.02. The minimum absolute atomic E-state index is 0.199. The third kappa shape index (κ3) is 2.75. The van der Waals surface area contributed by atoms with Crippen LogP contribution < -0.4 is 5.73 Å². The molecule has 0 spiro atoms. The Morgan fingerprint density at radius 2 is 1.95 bits per heavy atom. The van der Waals surface area contributed by atoms with Gasteiger partial charge in [0.15, 0.2) is 0 Å². The third-order valence-corrected chi connectivity index (χ3v) is 2.93. The molecule has 3 aromatic rings. The van der Waals surface area contributed by atoms with Gasteiger partial charge >= 0.3 is 0 Å². The summed E-state index contributed by atoms with van der Waals surface area (Å²) in [7, 11) is 0. The van der Waals surface area contributed by atoms with Crippen LogP contribution in [0.15, 0.2) is 36.4 Å². The van der Waals surface area contributed by atoms with Crippen molar-refractivity contribution in [3.8, 4) is 17.3 Å². The number of thiocarbonyl (C=S) groups is 1. The number of hydrogen-bond donors (Lipinski definition) is 1. The third-order valence-electron chi connectivity index (χ3n) is 2.72. The summed E-state index contributed by atoms with van der Waals surface area (Å²) in [6.07, 6.45) is 0. The van der Waals surface area contributed by atoms with Gasteiger partial charge in [0.2, 0.25) is 5.82 Å². The van der Waals surface area contributed by atoms with Crippen LogP contribution in [-0.4, -0.2) is 35.2 Å². The van der Waals surface area contributed by atoms with Crippen LogP contribution in [0.25, 0.3) is 17.3 Å². The van der Waals surface area contributed by atoms with Gasteiger partial charge in [-0.15, -0.1) is 10.2 Å². The first-order valence-electron chi connectivity index (χ1n) is 6.15. The SMILES string of the molecule is Cc1cc(C(N)=S)nc(-n2nnc(-c3ccccc3)n2)n1. The van der Waals surface area contributed by atoms with Crippen LogP contribution in [0.4, 0.5) is 0 Å². The maximum absolute atomic E-state index is 5.60. The van der Waals surface area contributed by atoms with E-state index in [1.807, 2.05) is 37.3 Å². The van der Waals surface area contributed by atoms with Gasteiger partial charge in [0.05, 0.1) is 0 Å². The fraction of sp³-hybridized carbons (Fsp3) is 0.0769. The molecular formula is C13H11N7S. The fourth-order valence-corrected chi connectivity index (χ4v) is 1.87. The van der Waals surface area contributed by atoms with Crippen molar-refractivity contribution in [1.29, 1.82) is 0 Å². The zero-order valence-corrected chi connectivity index (χ0v) is 11.9. The van der Waals surface area contributed by atoms with Crippen molar-refractivity contribution in [2.24, 2.45) is 5.73 Å². The summed E-state index contributed by atoms with van der Waals surface area (Å²) in [6, 6.07) is 11.2. The van der Waals surface area contributed by atoms with Gasteiger partial charge in [-0.25, -0.2) is 9.97 Å². The molecule has 0 fully saturated rings. The first-order valence-corrected chi connectivity index (χ1v) is 6.55. The molecule has 0 aliphatic rings. The number of hydrogen-bond acceptors (Lipinski definition) is 6. The molecule has 3 rings (SSSR count). The minimum atomic E-state index is 0.199. The zero-order valence-electron chi connectivity index (χ0n) is 11.1. The molecule has 7 nitrogen and oxygen atoms in total. The molecule has 0 unspecified atom stereocenters. The topological polar surface area (TPSA) is 95.4 Å². The van der Waals surface area contributed by atoms with E-state index in [0.717, 1.165) is 11.3 Å². The number of aromatic nitrogens is 6. The Labute approximate surface area is 125 Å². The van der Waals surface area contributed by atoms with Gasteiger partial charge in [0.1, 0.15) is 10.7 Å². The molecule has 2 heterocycles. The molecule has 0 saturated carbocycles. The van der Waals surface area contributed by atoms with Crippen molar-refractivity contribution in [3.63, 3.8) is 0 Å². The molecule has 1 aromatic carbocycles. The summed E-state index contributed by atoms with van der Waals surface area (Å²) in [5.41, 5.74) is 7.67. The van der Waals surface area contributed by atoms with Crippen LogP contribution in [0.3, 0.4) is 0 Å². The standard InChI is InChI=1S/C13H11N7S/c1-8-7-10(11(14)21)16-13(15-8)20-18-12(17-19-20)9-5-3-2-4-6-9/h2-7H,1H3,(H2,14,21). The number of tetrazole rings is 1. The smallest absolute Gasteiger partial charge is 0.271 e. The molecule has 21 heavy (non-hydrogen) atoms. The van der Waals surface area contributed by atoms with E-state index in [-0.39, 0.29) is 10.9 Å². The molecule has 0 atom stereocenters. The van der Waals surface area contributed by atoms with Crippen LogP contribution in [0.5, 0.6) is 0 Å². The first-order chi connectivity index (χ1) is 10.1. The largest absolute Gasteiger partial charge is 0.388 e. The van der Waals surface area contributed by atoms with E-state index in [1.54, 1.807) is 6.07 Å². The van der Waals surface area contributed by atoms with Crippen molar-refractivity contribution in [3.05, 3.63) is 47.8 Å². The van der Waals surface area contributed by atoms with Gasteiger partial charge in [0.25, 0.3) is 5.95 Å². The maximum atomic E-state index is 5.60. The predicted molar refractivity (Wildman–Crippen MR) is 80.8 cm³/mol. The average molecular weight is 297 g/mol. The molecular weight excluding hydrogens is 286 g/mol. The van der Waals surface area contributed by atoms with E-state index >= 15 is 0 Å². The second-order valence-corrected chi connectivity index (χ2v) is 4.77. The summed E-state index contributed by atoms with van der Waals surface area (Å²) in [4.78, 5) is 9.96. The van der Waals surface area contributed by atoms with Gasteiger partial charge in [-0.1, -0.05) is 47.3 Å². The second-order valence-electron chi connectivity index (χ2n) is 4.33. The van der Waals surface area contributed by atoms with E-state index in [9.17, 15) is 0 Å². The molecule has 104 valence electrons. The Hall–Kier alpha value is -2.74. The van der Waals surface area contributed by atoms with Crippen molar-refractivity contribution in [2.45, 2.75) is 6.92 Å². The lowest BCUT2D eigenvalue weighted by molar-refractivity contribution is 0.674. The van der Waals surface area contributed by atoms with Gasteiger partial charge in [-0.05, 0) is 18.2 Å². The highest BCUT2D eigenvalue weighted by molar-refractivity contribution is 7.80. The average Bonchev–Trinajstić information content (AvgIpc) is 2.97. The molecule has 0 radical (unpaired) electrons. The number of rotatable bonds is 3. The van der Waals surface area contributed by atoms with Gasteiger partial charge < -0.3 is 5.73 Å². The molecule has 2 aromatic heterocycles. The van der Waals surface area contributed by atoms with Crippen LogP contribution in [0.2, 0.25) is 0 Å². The zero-order chi connectivity index (χ0) is 14.8. The molecule has 0 amide bonds. The quantitative estimate of drug-likeness (QED) is 0.722. The Morgan fingerprint density at radius 1 is 1.19 bits per heavy atom. The Morgan fingerprint density at radius 3 is 2.67 bits per heavy atom. The molecule has 0 aliphatic carbocycles. The lowest BCUT2D eigenvalue weighted by atomic mass is 10.2. The Balaban J connectivity index is 2.02. The monoisotopic (exact) mass is 297 g/mol. The summed E-state index contributed by atoms with van der Waals surface area (Å²) in [5, 5.41) is 12.3. The van der Waals surface area contributed by atoms with Crippen molar-refractivity contribution < 1.29 is 0 Å². The Kier molecular flexibility index (Phi) is 3.36. The molecule has 0 saturated heterocycles. The van der Waals surface area contributed by atoms with Crippen LogP contribution in [-0.2, 0) is 0 Å². The van der Waals surface area contributed by atoms with Crippen molar-refractivity contribution in [2.75, 3.05) is 0 Å². The highest BCUT2D eigenvalue weighted by atomic mass is 32.1. The van der Waals surface area contributed by atoms with E-state index in [1.165, 1.54) is 4.80 Å². The highest BCUT2D eigenvalue weighted by Gasteiger charge is 2.11. The molecule has 0 aliphatic heterocycles. The summed E-state index contributed by atoms with van der Waals surface area (Å²) >= 11 is 4.93. The van der Waals surface area contributed by atoms with E-state index in [4.69, 9.17) is 18.0 Å². The highest BCUT2D eigenvalue weighted by Crippen LogP contribution is 2.13. The lowest BCUT2D eigenvalue weighted by Crippen LogP contribution is -2.16. The molecule has 0 bridgehead atoms. The number of nitrogens with two attached hydrogens (primary N) is 1. The number of aryl methyl sites for hydroxylation is 1. The van der Waals surface area contributed by atoms with Crippen molar-refractivity contribution >= 4 is 17.2 Å².